The van der Waals surface area contributed by atoms with Gasteiger partial charge in [0, 0.05) is 18.2 Å². The Bertz CT molecular complexity index is 1340. The predicted molar refractivity (Wildman–Crippen MR) is 164 cm³/mol. The number of carbonyl (C=O) groups excluding carboxylic acids is 3. The summed E-state index contributed by atoms with van der Waals surface area (Å²) in [6.45, 7) is 14.9. The summed E-state index contributed by atoms with van der Waals surface area (Å²) < 4.78 is 5.51. The largest absolute Gasteiger partial charge is 0.444 e. The Kier molecular flexibility index (Phi) is 10.3. The Hall–Kier alpha value is -4.13. The Morgan fingerprint density at radius 2 is 1.44 bits per heavy atom. The summed E-state index contributed by atoms with van der Waals surface area (Å²) in [7, 11) is 0. The molecular weight excluding hydrogens is 514 g/mol. The van der Waals surface area contributed by atoms with E-state index in [-0.39, 0.29) is 24.3 Å². The minimum absolute atomic E-state index is 0.237. The third-order valence-electron chi connectivity index (χ3n) is 6.57. The normalized spacial score (nSPS) is 12.8. The maximum Gasteiger partial charge on any atom is 0.408 e. The highest BCUT2D eigenvalue weighted by atomic mass is 16.6. The lowest BCUT2D eigenvalue weighted by molar-refractivity contribution is -0.142. The number of hydrogen-bond donors (Lipinski definition) is 2. The molecule has 218 valence electrons. The van der Waals surface area contributed by atoms with Crippen LogP contribution in [-0.2, 0) is 20.7 Å². The fraction of sp³-hybridized carbons (Fsp3) is 0.382. The average Bonchev–Trinajstić information content (AvgIpc) is 2.86. The van der Waals surface area contributed by atoms with Gasteiger partial charge >= 0.3 is 6.09 Å². The maximum atomic E-state index is 14.5. The van der Waals surface area contributed by atoms with Crippen molar-refractivity contribution >= 4 is 23.6 Å². The Morgan fingerprint density at radius 3 is 2.00 bits per heavy atom. The predicted octanol–water partition coefficient (Wildman–Crippen LogP) is 6.66. The highest BCUT2D eigenvalue weighted by molar-refractivity contribution is 5.99. The molecule has 0 aliphatic heterocycles. The van der Waals surface area contributed by atoms with Gasteiger partial charge in [0.25, 0.3) is 5.91 Å². The molecule has 7 nitrogen and oxygen atoms in total. The molecule has 7 heteroatoms. The minimum Gasteiger partial charge on any atom is -0.444 e. The van der Waals surface area contributed by atoms with Crippen molar-refractivity contribution in [2.24, 2.45) is 0 Å². The minimum atomic E-state index is -0.964. The van der Waals surface area contributed by atoms with Crippen molar-refractivity contribution < 1.29 is 19.1 Å². The average molecular weight is 558 g/mol. The molecular formula is C34H43N3O4. The number of rotatable bonds is 9. The van der Waals surface area contributed by atoms with E-state index in [4.69, 9.17) is 4.74 Å². The number of nitrogens with zero attached hydrogens (tertiary/aromatic N) is 1. The highest BCUT2D eigenvalue weighted by Gasteiger charge is 2.38. The van der Waals surface area contributed by atoms with Gasteiger partial charge in [0.05, 0.1) is 0 Å². The molecule has 0 heterocycles. The SMILES string of the molecule is Cc1cc(C)cc(C(C(=O)Nc2ccccc2C)N(C(=O)C(Cc2ccccc2)NC(=O)OC(C)(C)C)C(C)C)c1. The molecule has 0 aliphatic rings. The first-order valence-electron chi connectivity index (χ1n) is 14.1. The van der Waals surface area contributed by atoms with Gasteiger partial charge in [0.2, 0.25) is 5.91 Å². The number of anilines is 1. The number of carbonyl (C=O) groups is 3. The number of alkyl carbamates (subject to hydrolysis) is 1. The first kappa shape index (κ1) is 31.4. The van der Waals surface area contributed by atoms with Crippen LogP contribution >= 0.6 is 0 Å². The second-order valence-corrected chi connectivity index (χ2v) is 11.9. The number of aryl methyl sites for hydroxylation is 3. The van der Waals surface area contributed by atoms with Crippen LogP contribution in [0.5, 0.6) is 0 Å². The van der Waals surface area contributed by atoms with E-state index in [1.54, 1.807) is 25.7 Å². The van der Waals surface area contributed by atoms with Crippen molar-refractivity contribution in [3.8, 4) is 0 Å². The van der Waals surface area contributed by atoms with Crippen molar-refractivity contribution in [3.05, 3.63) is 101 Å². The molecule has 41 heavy (non-hydrogen) atoms. The number of hydrogen-bond acceptors (Lipinski definition) is 4. The summed E-state index contributed by atoms with van der Waals surface area (Å²) in [6.07, 6.45) is -0.455. The zero-order valence-corrected chi connectivity index (χ0v) is 25.4. The fourth-order valence-electron chi connectivity index (χ4n) is 4.88. The summed E-state index contributed by atoms with van der Waals surface area (Å²) in [5, 5.41) is 5.85. The molecule has 3 amide bonds. The third kappa shape index (κ3) is 8.93. The Labute approximate surface area is 244 Å². The van der Waals surface area contributed by atoms with E-state index >= 15 is 0 Å². The van der Waals surface area contributed by atoms with E-state index in [1.165, 1.54) is 0 Å². The van der Waals surface area contributed by atoms with Crippen LogP contribution in [0.1, 0.15) is 68.5 Å². The maximum absolute atomic E-state index is 14.5. The molecule has 0 saturated carbocycles. The third-order valence-corrected chi connectivity index (χ3v) is 6.57. The smallest absolute Gasteiger partial charge is 0.408 e. The fourth-order valence-corrected chi connectivity index (χ4v) is 4.88. The van der Waals surface area contributed by atoms with Gasteiger partial charge in [-0.1, -0.05) is 77.9 Å². The first-order valence-corrected chi connectivity index (χ1v) is 14.1. The topological polar surface area (TPSA) is 87.7 Å². The highest BCUT2D eigenvalue weighted by Crippen LogP contribution is 2.29. The number of benzene rings is 3. The van der Waals surface area contributed by atoms with E-state index in [1.807, 2.05) is 107 Å². The summed E-state index contributed by atoms with van der Waals surface area (Å²) in [6, 6.07) is 20.6. The van der Waals surface area contributed by atoms with E-state index in [9.17, 15) is 14.4 Å². The van der Waals surface area contributed by atoms with Gasteiger partial charge in [-0.15, -0.1) is 0 Å². The van der Waals surface area contributed by atoms with Crippen LogP contribution in [0, 0.1) is 20.8 Å². The van der Waals surface area contributed by atoms with Crippen LogP contribution in [0.4, 0.5) is 10.5 Å². The van der Waals surface area contributed by atoms with Crippen molar-refractivity contribution in [3.63, 3.8) is 0 Å². The van der Waals surface area contributed by atoms with Crippen molar-refractivity contribution in [1.29, 1.82) is 0 Å². The molecule has 0 aliphatic carbocycles. The van der Waals surface area contributed by atoms with Crippen LogP contribution in [-0.4, -0.2) is 40.5 Å². The second-order valence-electron chi connectivity index (χ2n) is 11.9. The summed E-state index contributed by atoms with van der Waals surface area (Å²) in [5.41, 5.74) is 4.39. The molecule has 3 rings (SSSR count). The lowest BCUT2D eigenvalue weighted by atomic mass is 9.96. The molecule has 0 fully saturated rings. The molecule has 0 saturated heterocycles. The molecule has 3 aromatic carbocycles. The van der Waals surface area contributed by atoms with Gasteiger partial charge in [-0.3, -0.25) is 9.59 Å². The molecule has 0 aromatic heterocycles. The van der Waals surface area contributed by atoms with E-state index in [2.05, 4.69) is 10.6 Å². The van der Waals surface area contributed by atoms with Crippen LogP contribution in [0.15, 0.2) is 72.8 Å². The standard InChI is InChI=1S/C34H43N3O4/c1-22(2)37(32(39)29(21-26-15-10-9-11-16-26)36-33(40)41-34(6,7)8)30(27-19-23(3)18-24(4)20-27)31(38)35-28-17-13-12-14-25(28)5/h9-20,22,29-30H,21H2,1-8H3,(H,35,38)(H,36,40). The zero-order valence-electron chi connectivity index (χ0n) is 25.4. The lowest BCUT2D eigenvalue weighted by Crippen LogP contribution is -2.55. The van der Waals surface area contributed by atoms with Gasteiger partial charge in [0.1, 0.15) is 17.7 Å². The molecule has 2 atom stereocenters. The van der Waals surface area contributed by atoms with Crippen molar-refractivity contribution in [2.45, 2.75) is 85.5 Å². The van der Waals surface area contributed by atoms with E-state index in [0.29, 0.717) is 11.3 Å². The van der Waals surface area contributed by atoms with E-state index < -0.39 is 23.8 Å². The van der Waals surface area contributed by atoms with Crippen molar-refractivity contribution in [1.82, 2.24) is 10.2 Å². The quantitative estimate of drug-likeness (QED) is 0.308. The molecule has 3 aromatic rings. The van der Waals surface area contributed by atoms with Gasteiger partial charge in [-0.05, 0) is 78.1 Å². The van der Waals surface area contributed by atoms with Crippen LogP contribution in [0.25, 0.3) is 0 Å². The Balaban J connectivity index is 2.09. The van der Waals surface area contributed by atoms with Crippen LogP contribution < -0.4 is 10.6 Å². The van der Waals surface area contributed by atoms with Gasteiger partial charge in [-0.2, -0.15) is 0 Å². The van der Waals surface area contributed by atoms with Gasteiger partial charge in [-0.25, -0.2) is 4.79 Å². The molecule has 2 unspecified atom stereocenters. The number of para-hydroxylation sites is 1. The van der Waals surface area contributed by atoms with E-state index in [0.717, 1.165) is 22.3 Å². The number of amides is 3. The number of nitrogens with one attached hydrogen (secondary N) is 2. The van der Waals surface area contributed by atoms with Gasteiger partial charge in [0.15, 0.2) is 0 Å². The molecule has 0 spiro atoms. The monoisotopic (exact) mass is 557 g/mol. The second kappa shape index (κ2) is 13.5. The number of ether oxygens (including phenoxy) is 1. The van der Waals surface area contributed by atoms with Gasteiger partial charge < -0.3 is 20.3 Å². The van der Waals surface area contributed by atoms with Crippen LogP contribution in [0.3, 0.4) is 0 Å². The molecule has 2 N–H and O–H groups in total. The van der Waals surface area contributed by atoms with Crippen molar-refractivity contribution in [2.75, 3.05) is 5.32 Å². The Morgan fingerprint density at radius 1 is 0.854 bits per heavy atom. The van der Waals surface area contributed by atoms with Crippen LogP contribution in [0.2, 0.25) is 0 Å². The molecule has 0 bridgehead atoms. The zero-order chi connectivity index (χ0) is 30.3. The summed E-state index contributed by atoms with van der Waals surface area (Å²) in [4.78, 5) is 43.1. The lowest BCUT2D eigenvalue weighted by Gasteiger charge is -2.37. The first-order chi connectivity index (χ1) is 19.2. The molecule has 0 radical (unpaired) electrons. The summed E-state index contributed by atoms with van der Waals surface area (Å²) >= 11 is 0. The summed E-state index contributed by atoms with van der Waals surface area (Å²) in [5.74, 6) is -0.708.